The number of nitrogens with zero attached hydrogens (tertiary/aromatic N) is 2. The molecule has 2 rings (SSSR count). The predicted octanol–water partition coefficient (Wildman–Crippen LogP) is 2.24. The third-order valence-electron chi connectivity index (χ3n) is 2.10. The van der Waals surface area contributed by atoms with Gasteiger partial charge in [-0.05, 0) is 18.2 Å². The molecule has 5 nitrogen and oxygen atoms in total. The molecule has 2 amide bonds. The molecule has 0 spiro atoms. The van der Waals surface area contributed by atoms with Crippen LogP contribution in [0.5, 0.6) is 0 Å². The maximum atomic E-state index is 11.5. The van der Waals surface area contributed by atoms with Crippen LogP contribution >= 0.6 is 0 Å². The number of nitrogens with one attached hydrogen (secondary N) is 2. The van der Waals surface area contributed by atoms with Gasteiger partial charge in [-0.1, -0.05) is 24.3 Å². The molecule has 2 aromatic rings. The number of para-hydroxylation sites is 1. The maximum Gasteiger partial charge on any atom is 0.339 e. The minimum Gasteiger partial charge on any atom is -0.307 e. The molecule has 0 aliphatic carbocycles. The number of urea groups is 1. The van der Waals surface area contributed by atoms with Gasteiger partial charge >= 0.3 is 6.03 Å². The van der Waals surface area contributed by atoms with Crippen LogP contribution in [0.1, 0.15) is 5.56 Å². The molecule has 0 bridgehead atoms. The van der Waals surface area contributed by atoms with E-state index in [0.29, 0.717) is 5.69 Å². The normalized spacial score (nSPS) is 10.2. The molecule has 1 aromatic heterocycles. The van der Waals surface area contributed by atoms with Crippen LogP contribution in [-0.4, -0.2) is 17.2 Å². The molecule has 0 aliphatic heterocycles. The first-order valence-electron chi connectivity index (χ1n) is 5.40. The zero-order chi connectivity index (χ0) is 12.6. The van der Waals surface area contributed by atoms with Crippen LogP contribution in [0.25, 0.3) is 0 Å². The summed E-state index contributed by atoms with van der Waals surface area (Å²) in [7, 11) is 0. The molecule has 0 aliphatic rings. The minimum absolute atomic E-state index is 0.388. The molecule has 90 valence electrons. The Hall–Kier alpha value is -2.69. The highest BCUT2D eigenvalue weighted by Gasteiger charge is 1.97. The van der Waals surface area contributed by atoms with Crippen LogP contribution in [0.2, 0.25) is 0 Å². The summed E-state index contributed by atoms with van der Waals surface area (Å²) in [4.78, 5) is 15.4. The van der Waals surface area contributed by atoms with E-state index in [1.807, 2.05) is 24.3 Å². The van der Waals surface area contributed by atoms with Gasteiger partial charge in [-0.25, -0.2) is 10.2 Å². The third kappa shape index (κ3) is 3.71. The number of rotatable bonds is 3. The van der Waals surface area contributed by atoms with Gasteiger partial charge in [-0.2, -0.15) is 5.10 Å². The smallest absolute Gasteiger partial charge is 0.307 e. The molecule has 5 heteroatoms. The van der Waals surface area contributed by atoms with Crippen LogP contribution in [-0.2, 0) is 0 Å². The second-order valence-corrected chi connectivity index (χ2v) is 3.48. The monoisotopic (exact) mass is 240 g/mol. The van der Waals surface area contributed by atoms with Gasteiger partial charge in [0.05, 0.1) is 6.21 Å². The molecule has 1 heterocycles. The molecule has 2 N–H and O–H groups in total. The number of amides is 2. The van der Waals surface area contributed by atoms with Crippen molar-refractivity contribution in [2.75, 3.05) is 5.32 Å². The highest BCUT2D eigenvalue weighted by atomic mass is 16.2. The summed E-state index contributed by atoms with van der Waals surface area (Å²) >= 11 is 0. The van der Waals surface area contributed by atoms with Crippen molar-refractivity contribution in [3.05, 3.63) is 60.4 Å². The molecule has 0 saturated heterocycles. The Morgan fingerprint density at radius 3 is 2.72 bits per heavy atom. The van der Waals surface area contributed by atoms with Gasteiger partial charge in [-0.3, -0.25) is 4.98 Å². The molecule has 0 saturated carbocycles. The van der Waals surface area contributed by atoms with Gasteiger partial charge in [0.25, 0.3) is 0 Å². The van der Waals surface area contributed by atoms with Gasteiger partial charge in [-0.15, -0.1) is 0 Å². The fourth-order valence-electron chi connectivity index (χ4n) is 1.30. The number of hydrazone groups is 1. The van der Waals surface area contributed by atoms with Gasteiger partial charge in [0.1, 0.15) is 0 Å². The van der Waals surface area contributed by atoms with Crippen molar-refractivity contribution in [3.8, 4) is 0 Å². The van der Waals surface area contributed by atoms with Gasteiger partial charge in [0.2, 0.25) is 0 Å². The average Bonchev–Trinajstić information content (AvgIpc) is 2.41. The molecule has 0 atom stereocenters. The van der Waals surface area contributed by atoms with Crippen molar-refractivity contribution in [1.82, 2.24) is 10.4 Å². The highest BCUT2D eigenvalue weighted by molar-refractivity contribution is 5.90. The molecular formula is C13H12N4O. The van der Waals surface area contributed by atoms with Gasteiger partial charge < -0.3 is 5.32 Å². The van der Waals surface area contributed by atoms with E-state index in [4.69, 9.17) is 0 Å². The van der Waals surface area contributed by atoms with Gasteiger partial charge in [0, 0.05) is 23.6 Å². The Labute approximate surface area is 105 Å². The number of carbonyl (C=O) groups is 1. The minimum atomic E-state index is -0.388. The molecular weight excluding hydrogens is 228 g/mol. The molecule has 1 aromatic carbocycles. The predicted molar refractivity (Wildman–Crippen MR) is 70.4 cm³/mol. The van der Waals surface area contributed by atoms with Crippen molar-refractivity contribution in [2.45, 2.75) is 0 Å². The fourth-order valence-corrected chi connectivity index (χ4v) is 1.30. The molecule has 0 radical (unpaired) electrons. The van der Waals surface area contributed by atoms with E-state index in [2.05, 4.69) is 20.8 Å². The van der Waals surface area contributed by atoms with Crippen LogP contribution in [0.4, 0.5) is 10.5 Å². The summed E-state index contributed by atoms with van der Waals surface area (Å²) in [5.41, 5.74) is 3.90. The summed E-state index contributed by atoms with van der Waals surface area (Å²) in [6.07, 6.45) is 4.85. The topological polar surface area (TPSA) is 66.4 Å². The SMILES string of the molecule is O=C(NN=Cc1cccnc1)Nc1ccccc1. The molecule has 0 unspecified atom stereocenters. The number of pyridine rings is 1. The van der Waals surface area contributed by atoms with Crippen molar-refractivity contribution in [2.24, 2.45) is 5.10 Å². The van der Waals surface area contributed by atoms with E-state index in [9.17, 15) is 4.79 Å². The molecule has 18 heavy (non-hydrogen) atoms. The van der Waals surface area contributed by atoms with Crippen molar-refractivity contribution < 1.29 is 4.79 Å². The van der Waals surface area contributed by atoms with E-state index in [1.54, 1.807) is 30.6 Å². The van der Waals surface area contributed by atoms with E-state index >= 15 is 0 Å². The highest BCUT2D eigenvalue weighted by Crippen LogP contribution is 2.03. The van der Waals surface area contributed by atoms with E-state index in [-0.39, 0.29) is 6.03 Å². The summed E-state index contributed by atoms with van der Waals surface area (Å²) in [6.45, 7) is 0. The number of hydrogen-bond donors (Lipinski definition) is 2. The number of aromatic nitrogens is 1. The van der Waals surface area contributed by atoms with Crippen LogP contribution in [0.3, 0.4) is 0 Å². The number of hydrogen-bond acceptors (Lipinski definition) is 3. The zero-order valence-corrected chi connectivity index (χ0v) is 9.58. The lowest BCUT2D eigenvalue weighted by Gasteiger charge is -2.02. The second kappa shape index (κ2) is 6.15. The lowest BCUT2D eigenvalue weighted by molar-refractivity contribution is 0.252. The van der Waals surface area contributed by atoms with Crippen molar-refractivity contribution in [1.29, 1.82) is 0 Å². The summed E-state index contributed by atoms with van der Waals surface area (Å²) in [5.74, 6) is 0. The summed E-state index contributed by atoms with van der Waals surface area (Å²) in [5, 5.41) is 6.46. The Kier molecular flexibility index (Phi) is 4.02. The Bertz CT molecular complexity index is 525. The summed E-state index contributed by atoms with van der Waals surface area (Å²) in [6, 6.07) is 12.4. The number of carbonyl (C=O) groups excluding carboxylic acids is 1. The number of benzene rings is 1. The first-order valence-corrected chi connectivity index (χ1v) is 5.40. The van der Waals surface area contributed by atoms with Crippen LogP contribution < -0.4 is 10.7 Å². The quantitative estimate of drug-likeness (QED) is 0.638. The van der Waals surface area contributed by atoms with E-state index < -0.39 is 0 Å². The lowest BCUT2D eigenvalue weighted by atomic mass is 10.3. The Morgan fingerprint density at radius 1 is 1.17 bits per heavy atom. The zero-order valence-electron chi connectivity index (χ0n) is 9.58. The first-order chi connectivity index (χ1) is 8.84. The van der Waals surface area contributed by atoms with Crippen molar-refractivity contribution >= 4 is 17.9 Å². The number of anilines is 1. The third-order valence-corrected chi connectivity index (χ3v) is 2.10. The van der Waals surface area contributed by atoms with Crippen LogP contribution in [0.15, 0.2) is 60.0 Å². The standard InChI is InChI=1S/C13H12N4O/c18-13(16-12-6-2-1-3-7-12)17-15-10-11-5-4-8-14-9-11/h1-10H,(H2,16,17,18). The Morgan fingerprint density at radius 2 is 2.00 bits per heavy atom. The Balaban J connectivity index is 1.84. The van der Waals surface area contributed by atoms with E-state index in [0.717, 1.165) is 5.56 Å². The van der Waals surface area contributed by atoms with Crippen molar-refractivity contribution in [3.63, 3.8) is 0 Å². The largest absolute Gasteiger partial charge is 0.339 e. The first kappa shape index (κ1) is 11.8. The van der Waals surface area contributed by atoms with E-state index in [1.165, 1.54) is 6.21 Å². The summed E-state index contributed by atoms with van der Waals surface area (Å²) < 4.78 is 0. The molecule has 0 fully saturated rings. The maximum absolute atomic E-state index is 11.5. The van der Waals surface area contributed by atoms with Gasteiger partial charge in [0.15, 0.2) is 0 Å². The van der Waals surface area contributed by atoms with Crippen LogP contribution in [0, 0.1) is 0 Å². The average molecular weight is 240 g/mol. The lowest BCUT2D eigenvalue weighted by Crippen LogP contribution is -2.24. The fraction of sp³-hybridized carbons (Fsp3) is 0. The second-order valence-electron chi connectivity index (χ2n) is 3.48.